The summed E-state index contributed by atoms with van der Waals surface area (Å²) in [6.07, 6.45) is 0. The summed E-state index contributed by atoms with van der Waals surface area (Å²) in [6, 6.07) is 56.0. The van der Waals surface area contributed by atoms with Gasteiger partial charge in [-0.3, -0.25) is 0 Å². The maximum absolute atomic E-state index is 6.20. The molecular weight excluding hydrogens is 524 g/mol. The SMILES string of the molecule is c1ccc(N(c2ccc3c(ccc4oc5ccccc5c43)c2)c2cccc3c4ccccc4n(-c4ccccc4)c23)cc1. The van der Waals surface area contributed by atoms with Gasteiger partial charge in [0.15, 0.2) is 0 Å². The summed E-state index contributed by atoms with van der Waals surface area (Å²) in [7, 11) is 0. The third kappa shape index (κ3) is 3.62. The van der Waals surface area contributed by atoms with Gasteiger partial charge in [0.2, 0.25) is 0 Å². The summed E-state index contributed by atoms with van der Waals surface area (Å²) in [4.78, 5) is 2.39. The molecule has 0 fully saturated rings. The van der Waals surface area contributed by atoms with Gasteiger partial charge in [0, 0.05) is 38.6 Å². The molecule has 2 heterocycles. The second-order valence-electron chi connectivity index (χ2n) is 11.0. The molecule has 3 heteroatoms. The maximum Gasteiger partial charge on any atom is 0.136 e. The Bertz CT molecular complexity index is 2450. The molecule has 0 radical (unpaired) electrons. The monoisotopic (exact) mass is 550 g/mol. The number of nitrogens with zero attached hydrogens (tertiary/aromatic N) is 2. The Labute approximate surface area is 248 Å². The summed E-state index contributed by atoms with van der Waals surface area (Å²) in [5, 5.41) is 7.14. The molecule has 3 nitrogen and oxygen atoms in total. The highest BCUT2D eigenvalue weighted by Crippen LogP contribution is 2.44. The lowest BCUT2D eigenvalue weighted by molar-refractivity contribution is 0.669. The van der Waals surface area contributed by atoms with Crippen LogP contribution >= 0.6 is 0 Å². The number of anilines is 3. The van der Waals surface area contributed by atoms with Gasteiger partial charge in [-0.05, 0) is 71.4 Å². The Hall–Kier alpha value is -5.80. The molecule has 9 aromatic rings. The molecular formula is C40H26N2O. The van der Waals surface area contributed by atoms with Gasteiger partial charge in [0.25, 0.3) is 0 Å². The van der Waals surface area contributed by atoms with Crippen LogP contribution < -0.4 is 4.90 Å². The van der Waals surface area contributed by atoms with E-state index in [0.717, 1.165) is 44.7 Å². The van der Waals surface area contributed by atoms with Crippen LogP contribution in [-0.2, 0) is 0 Å². The van der Waals surface area contributed by atoms with Crippen LogP contribution in [-0.4, -0.2) is 4.57 Å². The minimum atomic E-state index is 0.915. The van der Waals surface area contributed by atoms with E-state index in [1.54, 1.807) is 0 Å². The Kier molecular flexibility index (Phi) is 5.20. The van der Waals surface area contributed by atoms with E-state index in [0.29, 0.717) is 0 Å². The molecule has 0 unspecified atom stereocenters. The predicted molar refractivity (Wildman–Crippen MR) is 180 cm³/mol. The molecule has 0 spiro atoms. The van der Waals surface area contributed by atoms with Crippen molar-refractivity contribution in [2.24, 2.45) is 0 Å². The van der Waals surface area contributed by atoms with E-state index >= 15 is 0 Å². The number of hydrogen-bond donors (Lipinski definition) is 0. The first-order valence-electron chi connectivity index (χ1n) is 14.6. The van der Waals surface area contributed by atoms with Crippen LogP contribution in [0.4, 0.5) is 17.1 Å². The van der Waals surface area contributed by atoms with E-state index in [1.807, 2.05) is 12.1 Å². The maximum atomic E-state index is 6.20. The van der Waals surface area contributed by atoms with Crippen LogP contribution in [0.3, 0.4) is 0 Å². The molecule has 0 N–H and O–H groups in total. The number of para-hydroxylation sites is 5. The van der Waals surface area contributed by atoms with E-state index in [9.17, 15) is 0 Å². The molecule has 0 saturated carbocycles. The number of fused-ring (bicyclic) bond motifs is 8. The molecule has 43 heavy (non-hydrogen) atoms. The summed E-state index contributed by atoms with van der Waals surface area (Å²) >= 11 is 0. The van der Waals surface area contributed by atoms with Crippen LogP contribution in [0.5, 0.6) is 0 Å². The number of aromatic nitrogens is 1. The molecule has 0 aliphatic heterocycles. The highest BCUT2D eigenvalue weighted by Gasteiger charge is 2.21. The number of rotatable bonds is 4. The average molecular weight is 551 g/mol. The summed E-state index contributed by atoms with van der Waals surface area (Å²) < 4.78 is 8.60. The Morgan fingerprint density at radius 3 is 2.05 bits per heavy atom. The molecule has 202 valence electrons. The fraction of sp³-hybridized carbons (Fsp3) is 0. The lowest BCUT2D eigenvalue weighted by Gasteiger charge is -2.27. The van der Waals surface area contributed by atoms with Gasteiger partial charge in [-0.25, -0.2) is 0 Å². The first-order valence-corrected chi connectivity index (χ1v) is 14.6. The van der Waals surface area contributed by atoms with Gasteiger partial charge in [-0.1, -0.05) is 97.1 Å². The quantitative estimate of drug-likeness (QED) is 0.217. The molecule has 0 amide bonds. The molecule has 9 rings (SSSR count). The fourth-order valence-corrected chi connectivity index (χ4v) is 6.71. The van der Waals surface area contributed by atoms with Crippen molar-refractivity contribution in [1.29, 1.82) is 0 Å². The number of hydrogen-bond acceptors (Lipinski definition) is 2. The smallest absolute Gasteiger partial charge is 0.136 e. The lowest BCUT2D eigenvalue weighted by atomic mass is 10.0. The molecule has 0 saturated heterocycles. The predicted octanol–water partition coefficient (Wildman–Crippen LogP) is 11.3. The Balaban J connectivity index is 1.35. The fourth-order valence-electron chi connectivity index (χ4n) is 6.71. The first kappa shape index (κ1) is 23.9. The van der Waals surface area contributed by atoms with Gasteiger partial charge in [-0.2, -0.15) is 0 Å². The minimum absolute atomic E-state index is 0.915. The zero-order valence-electron chi connectivity index (χ0n) is 23.3. The van der Waals surface area contributed by atoms with Crippen molar-refractivity contribution < 1.29 is 4.42 Å². The van der Waals surface area contributed by atoms with Crippen molar-refractivity contribution in [3.05, 3.63) is 158 Å². The van der Waals surface area contributed by atoms with Crippen molar-refractivity contribution in [2.45, 2.75) is 0 Å². The Morgan fingerprint density at radius 2 is 1.19 bits per heavy atom. The van der Waals surface area contributed by atoms with Crippen LogP contribution in [0.2, 0.25) is 0 Å². The summed E-state index contributed by atoms with van der Waals surface area (Å²) in [5.41, 5.74) is 8.67. The molecule has 0 aliphatic carbocycles. The lowest BCUT2D eigenvalue weighted by Crippen LogP contribution is -2.11. The number of furan rings is 1. The number of benzene rings is 7. The highest BCUT2D eigenvalue weighted by atomic mass is 16.3. The normalized spacial score (nSPS) is 11.7. The van der Waals surface area contributed by atoms with E-state index in [4.69, 9.17) is 4.42 Å². The molecule has 2 aromatic heterocycles. The van der Waals surface area contributed by atoms with Gasteiger partial charge in [0.05, 0.1) is 16.7 Å². The zero-order valence-corrected chi connectivity index (χ0v) is 23.3. The highest BCUT2D eigenvalue weighted by molar-refractivity contribution is 6.19. The van der Waals surface area contributed by atoms with Crippen molar-refractivity contribution in [2.75, 3.05) is 4.90 Å². The van der Waals surface area contributed by atoms with Gasteiger partial charge in [0.1, 0.15) is 11.2 Å². The third-order valence-electron chi connectivity index (χ3n) is 8.54. The van der Waals surface area contributed by atoms with E-state index in [-0.39, 0.29) is 0 Å². The topological polar surface area (TPSA) is 21.3 Å². The molecule has 0 aliphatic rings. The Morgan fingerprint density at radius 1 is 0.465 bits per heavy atom. The van der Waals surface area contributed by atoms with Gasteiger partial charge < -0.3 is 13.9 Å². The van der Waals surface area contributed by atoms with Crippen LogP contribution in [0.15, 0.2) is 162 Å². The van der Waals surface area contributed by atoms with E-state index in [1.165, 1.54) is 32.6 Å². The summed E-state index contributed by atoms with van der Waals surface area (Å²) in [6.45, 7) is 0. The van der Waals surface area contributed by atoms with Crippen molar-refractivity contribution in [1.82, 2.24) is 4.57 Å². The third-order valence-corrected chi connectivity index (χ3v) is 8.54. The second-order valence-corrected chi connectivity index (χ2v) is 11.0. The average Bonchev–Trinajstić information content (AvgIpc) is 3.62. The van der Waals surface area contributed by atoms with Gasteiger partial charge in [-0.15, -0.1) is 0 Å². The molecule has 0 atom stereocenters. The van der Waals surface area contributed by atoms with Crippen molar-refractivity contribution in [3.8, 4) is 5.69 Å². The summed E-state index contributed by atoms with van der Waals surface area (Å²) in [5.74, 6) is 0. The minimum Gasteiger partial charge on any atom is -0.456 e. The van der Waals surface area contributed by atoms with Crippen molar-refractivity contribution >= 4 is 71.6 Å². The largest absolute Gasteiger partial charge is 0.456 e. The van der Waals surface area contributed by atoms with Gasteiger partial charge >= 0.3 is 0 Å². The first-order chi connectivity index (χ1) is 21.3. The van der Waals surface area contributed by atoms with Crippen LogP contribution in [0.1, 0.15) is 0 Å². The molecule has 0 bridgehead atoms. The second kappa shape index (κ2) is 9.37. The van der Waals surface area contributed by atoms with E-state index in [2.05, 4.69) is 155 Å². The van der Waals surface area contributed by atoms with Crippen LogP contribution in [0, 0.1) is 0 Å². The zero-order chi connectivity index (χ0) is 28.3. The van der Waals surface area contributed by atoms with E-state index < -0.39 is 0 Å². The van der Waals surface area contributed by atoms with Crippen LogP contribution in [0.25, 0.3) is 60.2 Å². The van der Waals surface area contributed by atoms with Crippen molar-refractivity contribution in [3.63, 3.8) is 0 Å². The molecule has 7 aromatic carbocycles. The standard InChI is InChI=1S/C40H26N2O/c1-3-12-28(13-4-1)41(30-23-24-31-27(26-30)22-25-38-39(31)34-17-8-10-21-37(34)43-38)36-20-11-18-33-32-16-7-9-19-35(32)42(40(33)36)29-14-5-2-6-15-29/h1-26H.